The van der Waals surface area contributed by atoms with E-state index in [0.29, 0.717) is 12.4 Å². The van der Waals surface area contributed by atoms with E-state index >= 15 is 0 Å². The number of hydrogen-bond acceptors (Lipinski definition) is 3. The van der Waals surface area contributed by atoms with Crippen LogP contribution in [-0.2, 0) is 14.3 Å². The Labute approximate surface area is 144 Å². The summed E-state index contributed by atoms with van der Waals surface area (Å²) < 4.78 is 4.83. The lowest BCUT2D eigenvalue weighted by Gasteiger charge is -2.01. The molecule has 0 aliphatic rings. The van der Waals surface area contributed by atoms with Gasteiger partial charge in [0.2, 0.25) is 0 Å². The van der Waals surface area contributed by atoms with E-state index in [1.165, 1.54) is 71.1 Å². The molecule has 0 saturated heterocycles. The Hall–Kier alpha value is -0.860. The number of carbonyl (C=O) groups excluding carboxylic acids is 2. The van der Waals surface area contributed by atoms with Crippen molar-refractivity contribution in [2.45, 2.75) is 111 Å². The Bertz CT molecular complexity index is 262. The quantitative estimate of drug-likeness (QED) is 0.280. The summed E-state index contributed by atoms with van der Waals surface area (Å²) in [4.78, 5) is 20.9. The molecule has 0 bridgehead atoms. The standard InChI is InChI=1S/C11H22O2.C9H18O/c1-3-4-5-6-7-8-9-10-13-11(2)12;1-3-4-5-6-7-8-9(2)10/h3-10H2,1-2H3;3-8H2,1-2H3. The normalized spacial score (nSPS) is 9.91. The zero-order valence-electron chi connectivity index (χ0n) is 16.1. The van der Waals surface area contributed by atoms with Gasteiger partial charge in [-0.1, -0.05) is 78.1 Å². The van der Waals surface area contributed by atoms with E-state index < -0.39 is 0 Å². The van der Waals surface area contributed by atoms with Gasteiger partial charge in [0.05, 0.1) is 6.61 Å². The van der Waals surface area contributed by atoms with Crippen molar-refractivity contribution in [3.63, 3.8) is 0 Å². The molecule has 0 atom stereocenters. The number of rotatable bonds is 14. The predicted octanol–water partition coefficient (Wildman–Crippen LogP) is 6.24. The van der Waals surface area contributed by atoms with Gasteiger partial charge in [0, 0.05) is 13.3 Å². The number of ether oxygens (including phenoxy) is 1. The second kappa shape index (κ2) is 21.1. The molecule has 0 amide bonds. The van der Waals surface area contributed by atoms with Gasteiger partial charge in [0.15, 0.2) is 0 Å². The Balaban J connectivity index is 0. The first kappa shape index (κ1) is 24.4. The van der Waals surface area contributed by atoms with Crippen molar-refractivity contribution < 1.29 is 14.3 Å². The highest BCUT2D eigenvalue weighted by Gasteiger charge is 1.93. The number of Topliss-reactive ketones (excluding diaryl/α,β-unsaturated/α-hetero) is 1. The third kappa shape index (κ3) is 29.7. The molecule has 0 unspecified atom stereocenters. The Morgan fingerprint density at radius 1 is 0.652 bits per heavy atom. The molecule has 138 valence electrons. The van der Waals surface area contributed by atoms with Gasteiger partial charge in [-0.05, 0) is 19.8 Å². The molecule has 0 fully saturated rings. The van der Waals surface area contributed by atoms with Crippen molar-refractivity contribution in [1.29, 1.82) is 0 Å². The summed E-state index contributed by atoms with van der Waals surface area (Å²) >= 11 is 0. The second-order valence-electron chi connectivity index (χ2n) is 6.33. The van der Waals surface area contributed by atoms with E-state index in [4.69, 9.17) is 4.74 Å². The molecule has 3 nitrogen and oxygen atoms in total. The van der Waals surface area contributed by atoms with Crippen LogP contribution in [0.25, 0.3) is 0 Å². The lowest BCUT2D eigenvalue weighted by molar-refractivity contribution is -0.141. The smallest absolute Gasteiger partial charge is 0.302 e. The van der Waals surface area contributed by atoms with E-state index in [1.54, 1.807) is 6.92 Å². The van der Waals surface area contributed by atoms with Crippen molar-refractivity contribution in [3.8, 4) is 0 Å². The predicted molar refractivity (Wildman–Crippen MR) is 98.7 cm³/mol. The third-order valence-corrected chi connectivity index (χ3v) is 3.69. The molecule has 0 aromatic carbocycles. The first-order valence-electron chi connectivity index (χ1n) is 9.67. The number of unbranched alkanes of at least 4 members (excludes halogenated alkanes) is 10. The van der Waals surface area contributed by atoms with Gasteiger partial charge in [0.1, 0.15) is 5.78 Å². The molecule has 0 radical (unpaired) electrons. The minimum Gasteiger partial charge on any atom is -0.466 e. The summed E-state index contributed by atoms with van der Waals surface area (Å²) in [7, 11) is 0. The SMILES string of the molecule is CCCCCCCC(C)=O.CCCCCCCCCOC(C)=O. The van der Waals surface area contributed by atoms with Crippen LogP contribution >= 0.6 is 0 Å². The van der Waals surface area contributed by atoms with Gasteiger partial charge in [-0.25, -0.2) is 0 Å². The minimum atomic E-state index is -0.161. The van der Waals surface area contributed by atoms with Crippen LogP contribution in [0.5, 0.6) is 0 Å². The largest absolute Gasteiger partial charge is 0.466 e. The van der Waals surface area contributed by atoms with Crippen LogP contribution in [0.3, 0.4) is 0 Å². The summed E-state index contributed by atoms with van der Waals surface area (Å²) in [5.74, 6) is 0.169. The maximum absolute atomic E-state index is 10.5. The first-order valence-corrected chi connectivity index (χ1v) is 9.67. The summed E-state index contributed by atoms with van der Waals surface area (Å²) in [5.41, 5.74) is 0. The van der Waals surface area contributed by atoms with Gasteiger partial charge < -0.3 is 9.53 Å². The van der Waals surface area contributed by atoms with Crippen molar-refractivity contribution >= 4 is 11.8 Å². The van der Waals surface area contributed by atoms with Crippen LogP contribution in [0, 0.1) is 0 Å². The molecule has 0 aliphatic heterocycles. The topological polar surface area (TPSA) is 43.4 Å². The highest BCUT2D eigenvalue weighted by atomic mass is 16.5. The number of ketones is 1. The fraction of sp³-hybridized carbons (Fsp3) is 0.900. The molecule has 0 aliphatic carbocycles. The van der Waals surface area contributed by atoms with Gasteiger partial charge in [-0.2, -0.15) is 0 Å². The zero-order valence-corrected chi connectivity index (χ0v) is 16.1. The Kier molecular flexibility index (Phi) is 22.4. The van der Waals surface area contributed by atoms with E-state index in [0.717, 1.165) is 19.3 Å². The summed E-state index contributed by atoms with van der Waals surface area (Å²) in [6, 6.07) is 0. The lowest BCUT2D eigenvalue weighted by atomic mass is 10.1. The van der Waals surface area contributed by atoms with E-state index in [2.05, 4.69) is 13.8 Å². The zero-order chi connectivity index (χ0) is 17.8. The van der Waals surface area contributed by atoms with Crippen LogP contribution in [0.1, 0.15) is 111 Å². The van der Waals surface area contributed by atoms with Gasteiger partial charge in [-0.15, -0.1) is 0 Å². The average molecular weight is 329 g/mol. The van der Waals surface area contributed by atoms with Crippen LogP contribution < -0.4 is 0 Å². The number of esters is 1. The second-order valence-corrected chi connectivity index (χ2v) is 6.33. The molecule has 0 aromatic heterocycles. The van der Waals surface area contributed by atoms with Crippen LogP contribution in [0.15, 0.2) is 0 Å². The molecule has 0 saturated carbocycles. The fourth-order valence-electron chi connectivity index (χ4n) is 2.25. The Morgan fingerprint density at radius 2 is 1.09 bits per heavy atom. The van der Waals surface area contributed by atoms with Crippen LogP contribution in [0.4, 0.5) is 0 Å². The number of hydrogen-bond donors (Lipinski definition) is 0. The highest BCUT2D eigenvalue weighted by molar-refractivity contribution is 5.75. The van der Waals surface area contributed by atoms with Crippen molar-refractivity contribution in [1.82, 2.24) is 0 Å². The van der Waals surface area contributed by atoms with Crippen molar-refractivity contribution in [3.05, 3.63) is 0 Å². The summed E-state index contributed by atoms with van der Waals surface area (Å²) in [5, 5.41) is 0. The van der Waals surface area contributed by atoms with Gasteiger partial charge in [0.25, 0.3) is 0 Å². The van der Waals surface area contributed by atoms with Crippen LogP contribution in [0.2, 0.25) is 0 Å². The molecule has 0 aromatic rings. The van der Waals surface area contributed by atoms with E-state index in [9.17, 15) is 9.59 Å². The maximum atomic E-state index is 10.5. The lowest BCUT2D eigenvalue weighted by Crippen LogP contribution is -1.99. The molecular weight excluding hydrogens is 288 g/mol. The number of carbonyl (C=O) groups is 2. The molecular formula is C20H40O3. The third-order valence-electron chi connectivity index (χ3n) is 3.69. The first-order chi connectivity index (χ1) is 11.0. The van der Waals surface area contributed by atoms with E-state index in [1.807, 2.05) is 0 Å². The Morgan fingerprint density at radius 3 is 1.52 bits per heavy atom. The molecule has 0 heterocycles. The van der Waals surface area contributed by atoms with E-state index in [-0.39, 0.29) is 5.97 Å². The molecule has 0 N–H and O–H groups in total. The molecule has 3 heteroatoms. The maximum Gasteiger partial charge on any atom is 0.302 e. The fourth-order valence-corrected chi connectivity index (χ4v) is 2.25. The van der Waals surface area contributed by atoms with Crippen LogP contribution in [-0.4, -0.2) is 18.4 Å². The average Bonchev–Trinajstić information content (AvgIpc) is 2.50. The summed E-state index contributed by atoms with van der Waals surface area (Å²) in [6.07, 6.45) is 15.8. The molecule has 0 rings (SSSR count). The van der Waals surface area contributed by atoms with Crippen molar-refractivity contribution in [2.24, 2.45) is 0 Å². The molecule has 0 spiro atoms. The van der Waals surface area contributed by atoms with Crippen molar-refractivity contribution in [2.75, 3.05) is 6.61 Å². The molecule has 23 heavy (non-hydrogen) atoms. The monoisotopic (exact) mass is 328 g/mol. The summed E-state index contributed by atoms with van der Waals surface area (Å²) in [6.45, 7) is 8.15. The van der Waals surface area contributed by atoms with Gasteiger partial charge in [-0.3, -0.25) is 4.79 Å². The van der Waals surface area contributed by atoms with Gasteiger partial charge >= 0.3 is 5.97 Å². The minimum absolute atomic E-state index is 0.161. The highest BCUT2D eigenvalue weighted by Crippen LogP contribution is 2.06.